The van der Waals surface area contributed by atoms with E-state index in [1.54, 1.807) is 17.4 Å². The Balaban J connectivity index is 1.87. The summed E-state index contributed by atoms with van der Waals surface area (Å²) in [5, 5.41) is 11.0. The summed E-state index contributed by atoms with van der Waals surface area (Å²) in [5.74, 6) is -1.25. The van der Waals surface area contributed by atoms with Crippen molar-refractivity contribution in [3.05, 3.63) is 52.0 Å². The van der Waals surface area contributed by atoms with Crippen molar-refractivity contribution >= 4 is 23.2 Å². The maximum absolute atomic E-state index is 12.6. The van der Waals surface area contributed by atoms with E-state index in [4.69, 9.17) is 5.11 Å². The minimum Gasteiger partial charge on any atom is -0.477 e. The predicted molar refractivity (Wildman–Crippen MR) is 78.5 cm³/mol. The Labute approximate surface area is 125 Å². The molecule has 1 unspecified atom stereocenters. The van der Waals surface area contributed by atoms with Gasteiger partial charge in [0, 0.05) is 23.2 Å². The van der Waals surface area contributed by atoms with E-state index in [1.165, 1.54) is 17.1 Å². The van der Waals surface area contributed by atoms with Crippen LogP contribution in [0.15, 0.2) is 35.8 Å². The summed E-state index contributed by atoms with van der Waals surface area (Å²) in [6.07, 6.45) is 3.28. The van der Waals surface area contributed by atoms with Crippen molar-refractivity contribution in [2.24, 2.45) is 0 Å². The van der Waals surface area contributed by atoms with Crippen molar-refractivity contribution in [3.63, 3.8) is 0 Å². The van der Waals surface area contributed by atoms with Crippen LogP contribution >= 0.6 is 11.3 Å². The molecule has 0 saturated carbocycles. The highest BCUT2D eigenvalue weighted by Crippen LogP contribution is 2.35. The molecule has 0 spiro atoms. The van der Waals surface area contributed by atoms with Crippen LogP contribution in [0.4, 0.5) is 0 Å². The molecule has 1 atom stereocenters. The number of thiophene rings is 1. The van der Waals surface area contributed by atoms with E-state index in [-0.39, 0.29) is 17.6 Å². The zero-order valence-electron chi connectivity index (χ0n) is 11.2. The van der Waals surface area contributed by atoms with E-state index in [1.807, 2.05) is 22.4 Å². The fourth-order valence-electron chi connectivity index (χ4n) is 2.63. The molecule has 1 amide bonds. The number of nitrogens with zero attached hydrogens (tertiary/aromatic N) is 2. The highest BCUT2D eigenvalue weighted by Gasteiger charge is 2.31. The standard InChI is InChI=1S/C15H14N2O3S/c18-14(10-5-6-16-11(9-10)15(19)20)17-7-1-3-12(17)13-4-2-8-21-13/h2,4-6,8-9,12H,1,3,7H2,(H,19,20). The van der Waals surface area contributed by atoms with Gasteiger partial charge in [0.2, 0.25) is 0 Å². The lowest BCUT2D eigenvalue weighted by atomic mass is 10.1. The summed E-state index contributed by atoms with van der Waals surface area (Å²) in [7, 11) is 0. The van der Waals surface area contributed by atoms with Crippen LogP contribution in [0.1, 0.15) is 44.6 Å². The second-order valence-electron chi connectivity index (χ2n) is 4.91. The van der Waals surface area contributed by atoms with Gasteiger partial charge in [-0.15, -0.1) is 11.3 Å². The van der Waals surface area contributed by atoms with Gasteiger partial charge in [-0.1, -0.05) is 6.07 Å². The van der Waals surface area contributed by atoms with Gasteiger partial charge in [-0.3, -0.25) is 4.79 Å². The van der Waals surface area contributed by atoms with Crippen LogP contribution in [0.3, 0.4) is 0 Å². The third kappa shape index (κ3) is 2.67. The zero-order valence-corrected chi connectivity index (χ0v) is 12.0. The maximum atomic E-state index is 12.6. The van der Waals surface area contributed by atoms with Crippen LogP contribution in [-0.2, 0) is 0 Å². The van der Waals surface area contributed by atoms with Crippen molar-refractivity contribution in [2.75, 3.05) is 6.54 Å². The lowest BCUT2D eigenvalue weighted by Crippen LogP contribution is -2.30. The largest absolute Gasteiger partial charge is 0.477 e. The van der Waals surface area contributed by atoms with Crippen LogP contribution in [0.2, 0.25) is 0 Å². The quantitative estimate of drug-likeness (QED) is 0.946. The molecular weight excluding hydrogens is 288 g/mol. The molecule has 3 heterocycles. The molecule has 1 saturated heterocycles. The van der Waals surface area contributed by atoms with Gasteiger partial charge in [0.25, 0.3) is 5.91 Å². The molecule has 21 heavy (non-hydrogen) atoms. The van der Waals surface area contributed by atoms with Gasteiger partial charge in [0.1, 0.15) is 5.69 Å². The van der Waals surface area contributed by atoms with E-state index < -0.39 is 5.97 Å². The van der Waals surface area contributed by atoms with Gasteiger partial charge in [-0.2, -0.15) is 0 Å². The molecule has 0 aliphatic carbocycles. The van der Waals surface area contributed by atoms with Crippen LogP contribution in [0.5, 0.6) is 0 Å². The Morgan fingerprint density at radius 2 is 2.24 bits per heavy atom. The van der Waals surface area contributed by atoms with Crippen molar-refractivity contribution < 1.29 is 14.7 Å². The number of aromatic nitrogens is 1. The summed E-state index contributed by atoms with van der Waals surface area (Å²) >= 11 is 1.64. The minimum atomic E-state index is -1.12. The normalized spacial score (nSPS) is 17.9. The monoisotopic (exact) mass is 302 g/mol. The molecule has 108 valence electrons. The number of hydrogen-bond acceptors (Lipinski definition) is 4. The van der Waals surface area contributed by atoms with Crippen molar-refractivity contribution in [1.29, 1.82) is 0 Å². The summed E-state index contributed by atoms with van der Waals surface area (Å²) in [6.45, 7) is 0.701. The number of amides is 1. The molecule has 0 radical (unpaired) electrons. The first-order chi connectivity index (χ1) is 10.2. The number of carboxylic acids is 1. The molecule has 3 rings (SSSR count). The third-order valence-corrected chi connectivity index (χ3v) is 4.58. The Morgan fingerprint density at radius 1 is 1.38 bits per heavy atom. The molecule has 6 heteroatoms. The highest BCUT2D eigenvalue weighted by molar-refractivity contribution is 7.10. The van der Waals surface area contributed by atoms with Crippen molar-refractivity contribution in [1.82, 2.24) is 9.88 Å². The first kappa shape index (κ1) is 13.8. The van der Waals surface area contributed by atoms with Gasteiger partial charge in [0.15, 0.2) is 0 Å². The summed E-state index contributed by atoms with van der Waals surface area (Å²) < 4.78 is 0. The van der Waals surface area contributed by atoms with Crippen molar-refractivity contribution in [2.45, 2.75) is 18.9 Å². The number of carboxylic acid groups (broad SMARTS) is 1. The average molecular weight is 302 g/mol. The summed E-state index contributed by atoms with van der Waals surface area (Å²) in [5.41, 5.74) is 0.276. The predicted octanol–water partition coefficient (Wildman–Crippen LogP) is 2.82. The number of carbonyl (C=O) groups is 2. The van der Waals surface area contributed by atoms with E-state index in [0.29, 0.717) is 12.1 Å². The molecule has 2 aromatic heterocycles. The van der Waals surface area contributed by atoms with E-state index >= 15 is 0 Å². The first-order valence-corrected chi connectivity index (χ1v) is 7.58. The van der Waals surface area contributed by atoms with Crippen molar-refractivity contribution in [3.8, 4) is 0 Å². The number of aromatic carboxylic acids is 1. The van der Waals surface area contributed by atoms with Gasteiger partial charge in [0.05, 0.1) is 6.04 Å². The van der Waals surface area contributed by atoms with Crippen LogP contribution in [-0.4, -0.2) is 33.4 Å². The number of hydrogen-bond donors (Lipinski definition) is 1. The second kappa shape index (κ2) is 5.65. The number of pyridine rings is 1. The fraction of sp³-hybridized carbons (Fsp3) is 0.267. The lowest BCUT2D eigenvalue weighted by molar-refractivity contribution is 0.0690. The third-order valence-electron chi connectivity index (χ3n) is 3.61. The van der Waals surface area contributed by atoms with E-state index in [0.717, 1.165) is 12.8 Å². The minimum absolute atomic E-state index is 0.0962. The average Bonchev–Trinajstić information content (AvgIpc) is 3.17. The maximum Gasteiger partial charge on any atom is 0.354 e. The van der Waals surface area contributed by atoms with Crippen LogP contribution in [0.25, 0.3) is 0 Å². The molecule has 1 N–H and O–H groups in total. The van der Waals surface area contributed by atoms with Gasteiger partial charge in [-0.25, -0.2) is 9.78 Å². The fourth-order valence-corrected chi connectivity index (χ4v) is 3.51. The SMILES string of the molecule is O=C(O)c1cc(C(=O)N2CCCC2c2cccs2)ccn1. The Hall–Kier alpha value is -2.21. The first-order valence-electron chi connectivity index (χ1n) is 6.70. The van der Waals surface area contributed by atoms with Gasteiger partial charge >= 0.3 is 5.97 Å². The molecule has 1 aliphatic rings. The molecule has 2 aromatic rings. The van der Waals surface area contributed by atoms with Crippen LogP contribution in [0, 0.1) is 0 Å². The Bertz CT molecular complexity index is 669. The number of rotatable bonds is 3. The Kier molecular flexibility index (Phi) is 3.70. The molecule has 0 aromatic carbocycles. The topological polar surface area (TPSA) is 70.5 Å². The molecule has 1 fully saturated rings. The molecular formula is C15H14N2O3S. The highest BCUT2D eigenvalue weighted by atomic mass is 32.1. The number of carbonyl (C=O) groups excluding carboxylic acids is 1. The molecule has 5 nitrogen and oxygen atoms in total. The molecule has 0 bridgehead atoms. The van der Waals surface area contributed by atoms with E-state index in [9.17, 15) is 9.59 Å². The second-order valence-corrected chi connectivity index (χ2v) is 5.89. The summed E-state index contributed by atoms with van der Waals surface area (Å²) in [6, 6.07) is 7.03. The zero-order chi connectivity index (χ0) is 14.8. The van der Waals surface area contributed by atoms with Gasteiger partial charge < -0.3 is 10.0 Å². The van der Waals surface area contributed by atoms with Crippen LogP contribution < -0.4 is 0 Å². The number of likely N-dealkylation sites (tertiary alicyclic amines) is 1. The lowest BCUT2D eigenvalue weighted by Gasteiger charge is -2.24. The van der Waals surface area contributed by atoms with Gasteiger partial charge in [-0.05, 0) is 36.4 Å². The molecule has 1 aliphatic heterocycles. The smallest absolute Gasteiger partial charge is 0.354 e. The summed E-state index contributed by atoms with van der Waals surface area (Å²) in [4.78, 5) is 30.3. The Morgan fingerprint density at radius 3 is 2.95 bits per heavy atom. The van der Waals surface area contributed by atoms with E-state index in [2.05, 4.69) is 4.98 Å².